The minimum atomic E-state index is -0.911. The molecule has 0 aromatic heterocycles. The normalized spacial score (nSPS) is 20.3. The number of ether oxygens (including phenoxy) is 1. The van der Waals surface area contributed by atoms with Gasteiger partial charge in [0.1, 0.15) is 17.7 Å². The zero-order valence-electron chi connectivity index (χ0n) is 14.0. The maximum atomic E-state index is 12.8. The highest BCUT2D eigenvalue weighted by Gasteiger charge is 2.50. The summed E-state index contributed by atoms with van der Waals surface area (Å²) in [5, 5.41) is 15.5. The summed E-state index contributed by atoms with van der Waals surface area (Å²) < 4.78 is 5.38. The highest BCUT2D eigenvalue weighted by atomic mass is 16.5. The Hall–Kier alpha value is -3.47. The number of urea groups is 1. The third-order valence-corrected chi connectivity index (χ3v) is 4.31. The third kappa shape index (κ3) is 2.29. The van der Waals surface area contributed by atoms with E-state index in [1.54, 1.807) is 24.3 Å². The molecule has 2 aliphatic heterocycles. The van der Waals surface area contributed by atoms with Crippen molar-refractivity contribution in [2.24, 2.45) is 10.9 Å². The minimum absolute atomic E-state index is 0.0355. The average molecular weight is 338 g/mol. The number of amidine groups is 2. The second kappa shape index (κ2) is 5.87. The van der Waals surface area contributed by atoms with Crippen LogP contribution in [0.2, 0.25) is 0 Å². The number of nitrogens with zero attached hydrogens (tertiary/aromatic N) is 4. The molecule has 1 aromatic carbocycles. The summed E-state index contributed by atoms with van der Waals surface area (Å²) in [6.45, 7) is 0. The number of hydrogen-bond donors (Lipinski definition) is 1. The molecule has 0 radical (unpaired) electrons. The van der Waals surface area contributed by atoms with Gasteiger partial charge < -0.3 is 4.74 Å². The van der Waals surface area contributed by atoms with Crippen molar-refractivity contribution in [3.63, 3.8) is 0 Å². The van der Waals surface area contributed by atoms with E-state index >= 15 is 0 Å². The number of aliphatic imine (C=N–C) groups is 1. The van der Waals surface area contributed by atoms with Gasteiger partial charge in [-0.1, -0.05) is 18.2 Å². The molecular formula is C17H16N5O3+. The van der Waals surface area contributed by atoms with Crippen LogP contribution in [-0.4, -0.2) is 54.6 Å². The fourth-order valence-electron chi connectivity index (χ4n) is 3.04. The van der Waals surface area contributed by atoms with E-state index in [2.05, 4.69) is 4.99 Å². The molecular weight excluding hydrogens is 322 g/mol. The molecule has 2 aliphatic rings. The fourth-order valence-corrected chi connectivity index (χ4v) is 3.04. The maximum Gasteiger partial charge on any atom is 0.334 e. The number of para-hydroxylation sites is 1. The Balaban J connectivity index is 2.30. The van der Waals surface area contributed by atoms with Gasteiger partial charge in [0.25, 0.3) is 0 Å². The second-order valence-corrected chi connectivity index (χ2v) is 5.63. The lowest BCUT2D eigenvalue weighted by molar-refractivity contribution is -0.129. The van der Waals surface area contributed by atoms with Crippen molar-refractivity contribution < 1.29 is 19.7 Å². The molecule has 2 heterocycles. The van der Waals surface area contributed by atoms with Crippen molar-refractivity contribution in [1.29, 1.82) is 5.26 Å². The molecule has 1 fully saturated rings. The molecule has 3 amide bonds. The van der Waals surface area contributed by atoms with Gasteiger partial charge in [0.2, 0.25) is 11.7 Å². The zero-order valence-corrected chi connectivity index (χ0v) is 14.0. The van der Waals surface area contributed by atoms with Gasteiger partial charge >= 0.3 is 11.9 Å². The molecule has 1 unspecified atom stereocenters. The average Bonchev–Trinajstić information content (AvgIpc) is 2.63. The number of nitrogens with two attached hydrogens (primary N) is 1. The molecule has 2 N–H and O–H groups in total. The van der Waals surface area contributed by atoms with Crippen molar-refractivity contribution >= 4 is 29.2 Å². The van der Waals surface area contributed by atoms with Crippen LogP contribution in [0.3, 0.4) is 0 Å². The van der Waals surface area contributed by atoms with Gasteiger partial charge in [-0.15, -0.1) is 0 Å². The number of carbonyl (C=O) groups excluding carboxylic acids is 2. The number of carbonyl (C=O) groups is 2. The van der Waals surface area contributed by atoms with Gasteiger partial charge in [-0.25, -0.2) is 4.79 Å². The lowest BCUT2D eigenvalue weighted by Gasteiger charge is -2.35. The first-order valence-electron chi connectivity index (χ1n) is 7.46. The van der Waals surface area contributed by atoms with E-state index in [4.69, 9.17) is 10.1 Å². The number of rotatable bonds is 2. The number of fused-ring (bicyclic) bond motifs is 1. The van der Waals surface area contributed by atoms with E-state index in [0.29, 0.717) is 16.9 Å². The molecule has 8 heteroatoms. The molecule has 0 spiro atoms. The predicted octanol–water partition coefficient (Wildman–Crippen LogP) is -0.318. The maximum absolute atomic E-state index is 12.8. The van der Waals surface area contributed by atoms with Crippen molar-refractivity contribution in [1.82, 2.24) is 9.80 Å². The van der Waals surface area contributed by atoms with Crippen LogP contribution in [0.5, 0.6) is 5.75 Å². The molecule has 8 nitrogen and oxygen atoms in total. The van der Waals surface area contributed by atoms with Crippen molar-refractivity contribution in [2.75, 3.05) is 21.2 Å². The first-order chi connectivity index (χ1) is 11.9. The summed E-state index contributed by atoms with van der Waals surface area (Å²) in [4.78, 5) is 31.5. The molecule has 0 bridgehead atoms. The Morgan fingerprint density at radius 1 is 1.24 bits per heavy atom. The number of nitriles is 1. The van der Waals surface area contributed by atoms with E-state index in [0.717, 1.165) is 4.90 Å². The molecule has 1 aromatic rings. The summed E-state index contributed by atoms with van der Waals surface area (Å²) >= 11 is 0. The molecule has 3 rings (SSSR count). The fraction of sp³-hybridized carbons (Fsp3) is 0.235. The largest absolute Gasteiger partial charge is 0.496 e. The van der Waals surface area contributed by atoms with Crippen LogP contribution in [0.25, 0.3) is 5.57 Å². The van der Waals surface area contributed by atoms with Crippen LogP contribution < -0.4 is 10.1 Å². The Morgan fingerprint density at radius 3 is 2.56 bits per heavy atom. The Kier molecular flexibility index (Phi) is 3.85. The number of hydrogen-bond acceptors (Lipinski definition) is 4. The third-order valence-electron chi connectivity index (χ3n) is 4.31. The number of methoxy groups -OCH3 is 1. The molecule has 1 saturated heterocycles. The summed E-state index contributed by atoms with van der Waals surface area (Å²) in [5.74, 6) is -0.722. The second-order valence-electron chi connectivity index (χ2n) is 5.63. The minimum Gasteiger partial charge on any atom is -0.496 e. The lowest BCUT2D eigenvalue weighted by Crippen LogP contribution is -2.59. The number of benzene rings is 1. The van der Waals surface area contributed by atoms with Gasteiger partial charge in [-0.2, -0.15) is 5.26 Å². The lowest BCUT2D eigenvalue weighted by atomic mass is 9.82. The van der Waals surface area contributed by atoms with E-state index in [1.807, 2.05) is 6.07 Å². The van der Waals surface area contributed by atoms with Gasteiger partial charge in [0.15, 0.2) is 5.57 Å². The van der Waals surface area contributed by atoms with E-state index in [9.17, 15) is 14.9 Å². The number of dihydropyridines is 1. The van der Waals surface area contributed by atoms with Crippen LogP contribution in [0.4, 0.5) is 4.79 Å². The van der Waals surface area contributed by atoms with Crippen LogP contribution in [-0.2, 0) is 4.79 Å². The summed E-state index contributed by atoms with van der Waals surface area (Å²) in [6, 6.07) is 8.54. The van der Waals surface area contributed by atoms with Crippen LogP contribution in [0.15, 0.2) is 34.8 Å². The Bertz CT molecular complexity index is 909. The highest BCUT2D eigenvalue weighted by Crippen LogP contribution is 2.39. The molecule has 0 saturated carbocycles. The highest BCUT2D eigenvalue weighted by molar-refractivity contribution is 6.30. The first kappa shape index (κ1) is 16.4. The topological polar surface area (TPSA) is 112 Å². The van der Waals surface area contributed by atoms with Gasteiger partial charge in [-0.05, 0) is 11.1 Å². The number of imide groups is 1. The molecule has 1 atom stereocenters. The Labute approximate surface area is 144 Å². The first-order valence-corrected chi connectivity index (χ1v) is 7.46. The van der Waals surface area contributed by atoms with Crippen molar-refractivity contribution in [3.05, 3.63) is 35.4 Å². The summed E-state index contributed by atoms with van der Waals surface area (Å²) in [7, 11) is 4.41. The van der Waals surface area contributed by atoms with Crippen molar-refractivity contribution in [2.45, 2.75) is 0 Å². The predicted molar refractivity (Wildman–Crippen MR) is 89.3 cm³/mol. The van der Waals surface area contributed by atoms with E-state index in [-0.39, 0.29) is 17.2 Å². The van der Waals surface area contributed by atoms with Gasteiger partial charge in [0, 0.05) is 25.2 Å². The van der Waals surface area contributed by atoms with Gasteiger partial charge in [-0.3, -0.25) is 20.0 Å². The van der Waals surface area contributed by atoms with Gasteiger partial charge in [0.05, 0.1) is 7.11 Å². The zero-order chi connectivity index (χ0) is 18.3. The van der Waals surface area contributed by atoms with Crippen LogP contribution in [0, 0.1) is 17.2 Å². The Morgan fingerprint density at radius 2 is 1.92 bits per heavy atom. The molecule has 126 valence electrons. The molecule has 0 aliphatic carbocycles. The summed E-state index contributed by atoms with van der Waals surface area (Å²) in [6.07, 6.45) is 0. The van der Waals surface area contributed by atoms with Crippen LogP contribution >= 0.6 is 0 Å². The molecule has 25 heavy (non-hydrogen) atoms. The van der Waals surface area contributed by atoms with Crippen LogP contribution in [0.1, 0.15) is 5.56 Å². The smallest absolute Gasteiger partial charge is 0.334 e. The van der Waals surface area contributed by atoms with E-state index in [1.165, 1.54) is 26.1 Å². The van der Waals surface area contributed by atoms with Crippen molar-refractivity contribution in [3.8, 4) is 11.8 Å². The monoisotopic (exact) mass is 338 g/mol. The standard InChI is InChI=1S/C17H15N5O3/c1-21-15-13(16(23)22(2)17(21)24)12(10(8-18)14(19)20-15)9-6-4-5-7-11(9)25-3/h4-7,13,19H,1-3H3/p+1. The quantitative estimate of drug-likeness (QED) is 0.796. The van der Waals surface area contributed by atoms with E-state index < -0.39 is 17.9 Å². The number of amides is 3. The summed E-state index contributed by atoms with van der Waals surface area (Å²) in [5.41, 5.74) is 1.05. The SMILES string of the molecule is COc1ccccc1C1=C(C#N)C(=[NH2+])N=C2C1C(=O)N(C)C(=O)N2C.